The van der Waals surface area contributed by atoms with Gasteiger partial charge >= 0.3 is 0 Å². The molecule has 0 spiro atoms. The van der Waals surface area contributed by atoms with E-state index in [2.05, 4.69) is 32.6 Å². The predicted molar refractivity (Wildman–Crippen MR) is 84.9 cm³/mol. The fourth-order valence-electron chi connectivity index (χ4n) is 2.35. The van der Waals surface area contributed by atoms with Gasteiger partial charge in [0.05, 0.1) is 12.5 Å². The van der Waals surface area contributed by atoms with Crippen LogP contribution in [0.4, 0.5) is 11.4 Å². The molecule has 2 N–H and O–H groups in total. The van der Waals surface area contributed by atoms with Crippen molar-refractivity contribution in [2.45, 2.75) is 12.5 Å². The van der Waals surface area contributed by atoms with Crippen LogP contribution in [0.25, 0.3) is 0 Å². The molecular weight excluding hydrogens is 330 g/mol. The van der Waals surface area contributed by atoms with Crippen LogP contribution >= 0.6 is 15.9 Å². The number of hydrogen-bond acceptors (Lipinski definition) is 3. The number of hydrogen-bond donors (Lipinski definition) is 2. The number of carbonyl (C=O) groups is 1. The Hall–Kier alpha value is -2.32. The highest BCUT2D eigenvalue weighted by atomic mass is 79.9. The van der Waals surface area contributed by atoms with E-state index in [1.165, 1.54) is 0 Å². The van der Waals surface area contributed by atoms with Gasteiger partial charge in [0.1, 0.15) is 6.04 Å². The third kappa shape index (κ3) is 2.76. The first-order chi connectivity index (χ1) is 10.2. The van der Waals surface area contributed by atoms with Crippen molar-refractivity contribution in [1.82, 2.24) is 0 Å². The maximum absolute atomic E-state index is 12.1. The summed E-state index contributed by atoms with van der Waals surface area (Å²) < 4.78 is 0.939. The maximum atomic E-state index is 12.1. The number of anilines is 2. The van der Waals surface area contributed by atoms with Crippen molar-refractivity contribution in [3.63, 3.8) is 0 Å². The molecular formula is C16H12BrN3O. The Morgan fingerprint density at radius 2 is 2.00 bits per heavy atom. The van der Waals surface area contributed by atoms with Crippen molar-refractivity contribution in [3.05, 3.63) is 58.1 Å². The SMILES string of the molecule is N#CCc1ccc(NC2C(=O)Nc3ccc(Br)cc32)cc1. The molecule has 5 heteroatoms. The van der Waals surface area contributed by atoms with E-state index in [1.807, 2.05) is 42.5 Å². The van der Waals surface area contributed by atoms with Gasteiger partial charge in [-0.05, 0) is 35.9 Å². The molecule has 4 nitrogen and oxygen atoms in total. The number of fused-ring (bicyclic) bond motifs is 1. The summed E-state index contributed by atoms with van der Waals surface area (Å²) >= 11 is 3.43. The first-order valence-electron chi connectivity index (χ1n) is 6.50. The second-order valence-electron chi connectivity index (χ2n) is 4.83. The van der Waals surface area contributed by atoms with Crippen molar-refractivity contribution < 1.29 is 4.79 Å². The van der Waals surface area contributed by atoms with Crippen molar-refractivity contribution >= 4 is 33.2 Å². The van der Waals surface area contributed by atoms with E-state index in [9.17, 15) is 4.79 Å². The summed E-state index contributed by atoms with van der Waals surface area (Å²) in [5.74, 6) is -0.0656. The molecule has 0 fully saturated rings. The second kappa shape index (κ2) is 5.58. The monoisotopic (exact) mass is 341 g/mol. The van der Waals surface area contributed by atoms with E-state index in [0.29, 0.717) is 6.42 Å². The molecule has 1 unspecified atom stereocenters. The van der Waals surface area contributed by atoms with E-state index in [4.69, 9.17) is 5.26 Å². The van der Waals surface area contributed by atoms with E-state index in [1.54, 1.807) is 0 Å². The lowest BCUT2D eigenvalue weighted by Gasteiger charge is -2.13. The number of nitriles is 1. The average Bonchev–Trinajstić information content (AvgIpc) is 2.77. The van der Waals surface area contributed by atoms with E-state index in [-0.39, 0.29) is 5.91 Å². The van der Waals surface area contributed by atoms with Gasteiger partial charge in [0.25, 0.3) is 5.91 Å². The molecule has 2 aromatic carbocycles. The minimum Gasteiger partial charge on any atom is -0.370 e. The Kier molecular flexibility index (Phi) is 3.63. The van der Waals surface area contributed by atoms with E-state index < -0.39 is 6.04 Å². The van der Waals surface area contributed by atoms with Gasteiger partial charge in [-0.1, -0.05) is 28.1 Å². The van der Waals surface area contributed by atoms with Crippen LogP contribution in [-0.2, 0) is 11.2 Å². The van der Waals surface area contributed by atoms with Crippen molar-refractivity contribution in [1.29, 1.82) is 5.26 Å². The molecule has 0 aliphatic carbocycles. The molecule has 1 amide bonds. The highest BCUT2D eigenvalue weighted by Gasteiger charge is 2.30. The van der Waals surface area contributed by atoms with Crippen LogP contribution in [0.2, 0.25) is 0 Å². The molecule has 1 aliphatic heterocycles. The zero-order chi connectivity index (χ0) is 14.8. The summed E-state index contributed by atoms with van der Waals surface area (Å²) in [6.45, 7) is 0. The Labute approximate surface area is 130 Å². The number of rotatable bonds is 3. The topological polar surface area (TPSA) is 64.9 Å². The lowest BCUT2D eigenvalue weighted by atomic mass is 10.1. The number of benzene rings is 2. The first-order valence-corrected chi connectivity index (χ1v) is 7.29. The Bertz CT molecular complexity index is 734. The van der Waals surface area contributed by atoms with Crippen LogP contribution in [0, 0.1) is 11.3 Å². The lowest BCUT2D eigenvalue weighted by molar-refractivity contribution is -0.116. The van der Waals surface area contributed by atoms with Gasteiger partial charge in [-0.15, -0.1) is 0 Å². The molecule has 0 bridgehead atoms. The number of nitrogens with zero attached hydrogens (tertiary/aromatic N) is 1. The van der Waals surface area contributed by atoms with Crippen molar-refractivity contribution in [2.24, 2.45) is 0 Å². The normalized spacial score (nSPS) is 16.0. The minimum absolute atomic E-state index is 0.0656. The van der Waals surface area contributed by atoms with E-state index >= 15 is 0 Å². The van der Waals surface area contributed by atoms with Gasteiger partial charge in [0, 0.05) is 21.4 Å². The molecule has 0 aromatic heterocycles. The van der Waals surface area contributed by atoms with Gasteiger partial charge in [-0.2, -0.15) is 5.26 Å². The summed E-state index contributed by atoms with van der Waals surface area (Å²) in [5.41, 5.74) is 3.57. The number of amides is 1. The first kappa shape index (κ1) is 13.7. The summed E-state index contributed by atoms with van der Waals surface area (Å²) in [6.07, 6.45) is 0.389. The van der Waals surface area contributed by atoms with Gasteiger partial charge in [0.15, 0.2) is 0 Å². The lowest BCUT2D eigenvalue weighted by Crippen LogP contribution is -2.19. The molecule has 2 aromatic rings. The van der Waals surface area contributed by atoms with Crippen LogP contribution in [-0.4, -0.2) is 5.91 Å². The highest BCUT2D eigenvalue weighted by Crippen LogP contribution is 2.35. The molecule has 21 heavy (non-hydrogen) atoms. The van der Waals surface area contributed by atoms with Crippen molar-refractivity contribution in [2.75, 3.05) is 10.6 Å². The largest absolute Gasteiger partial charge is 0.370 e. The zero-order valence-corrected chi connectivity index (χ0v) is 12.6. The quantitative estimate of drug-likeness (QED) is 0.895. The molecule has 1 heterocycles. The minimum atomic E-state index is -0.403. The summed E-state index contributed by atoms with van der Waals surface area (Å²) in [6, 6.07) is 15.0. The van der Waals surface area contributed by atoms with E-state index in [0.717, 1.165) is 27.0 Å². The standard InChI is InChI=1S/C16H12BrN3O/c17-11-3-6-14-13(9-11)15(16(21)20-14)19-12-4-1-10(2-5-12)7-8-18/h1-6,9,15,19H,7H2,(H,20,21). The fourth-order valence-corrected chi connectivity index (χ4v) is 2.73. The fraction of sp³-hybridized carbons (Fsp3) is 0.125. The smallest absolute Gasteiger partial charge is 0.251 e. The van der Waals surface area contributed by atoms with Crippen LogP contribution < -0.4 is 10.6 Å². The van der Waals surface area contributed by atoms with Crippen LogP contribution in [0.3, 0.4) is 0 Å². The summed E-state index contributed by atoms with van der Waals surface area (Å²) in [7, 11) is 0. The molecule has 1 aliphatic rings. The van der Waals surface area contributed by atoms with Crippen LogP contribution in [0.15, 0.2) is 46.9 Å². The maximum Gasteiger partial charge on any atom is 0.251 e. The molecule has 0 saturated heterocycles. The third-order valence-electron chi connectivity index (χ3n) is 3.39. The van der Waals surface area contributed by atoms with Gasteiger partial charge < -0.3 is 10.6 Å². The average molecular weight is 342 g/mol. The Morgan fingerprint density at radius 3 is 2.71 bits per heavy atom. The van der Waals surface area contributed by atoms with Crippen LogP contribution in [0.1, 0.15) is 17.2 Å². The van der Waals surface area contributed by atoms with Gasteiger partial charge in [-0.3, -0.25) is 4.79 Å². The Morgan fingerprint density at radius 1 is 1.24 bits per heavy atom. The predicted octanol–water partition coefficient (Wildman–Crippen LogP) is 3.62. The van der Waals surface area contributed by atoms with Gasteiger partial charge in [0.2, 0.25) is 0 Å². The van der Waals surface area contributed by atoms with Gasteiger partial charge in [-0.25, -0.2) is 0 Å². The number of carbonyl (C=O) groups excluding carboxylic acids is 1. The molecule has 3 rings (SSSR count). The summed E-state index contributed by atoms with van der Waals surface area (Å²) in [4.78, 5) is 12.1. The second-order valence-corrected chi connectivity index (χ2v) is 5.75. The number of halogens is 1. The molecule has 104 valence electrons. The number of nitrogens with one attached hydrogen (secondary N) is 2. The van der Waals surface area contributed by atoms with Crippen molar-refractivity contribution in [3.8, 4) is 6.07 Å². The molecule has 0 saturated carbocycles. The zero-order valence-electron chi connectivity index (χ0n) is 11.1. The Balaban J connectivity index is 1.84. The molecule has 0 radical (unpaired) electrons. The summed E-state index contributed by atoms with van der Waals surface area (Å²) in [5, 5.41) is 14.8. The highest BCUT2D eigenvalue weighted by molar-refractivity contribution is 9.10. The van der Waals surface area contributed by atoms with Crippen LogP contribution in [0.5, 0.6) is 0 Å². The third-order valence-corrected chi connectivity index (χ3v) is 3.89. The molecule has 1 atom stereocenters.